The Kier molecular flexibility index (Phi) is 6.46. The molecule has 0 heterocycles. The van der Waals surface area contributed by atoms with Crippen LogP contribution in [-0.2, 0) is 9.53 Å². The Morgan fingerprint density at radius 2 is 2.15 bits per heavy atom. The summed E-state index contributed by atoms with van der Waals surface area (Å²) < 4.78 is 4.82. The monoisotopic (exact) mass is 299 g/mol. The Balaban J connectivity index is 2.73. The van der Waals surface area contributed by atoms with Crippen molar-refractivity contribution in [2.45, 2.75) is 38.3 Å². The van der Waals surface area contributed by atoms with E-state index in [9.17, 15) is 9.90 Å². The molecule has 112 valence electrons. The summed E-state index contributed by atoms with van der Waals surface area (Å²) in [5.74, 6) is -0.328. The molecule has 0 aliphatic carbocycles. The number of carbonyl (C=O) groups is 1. The minimum atomic E-state index is -0.800. The van der Waals surface area contributed by atoms with Crippen LogP contribution in [-0.4, -0.2) is 30.3 Å². The molecule has 0 aromatic heterocycles. The van der Waals surface area contributed by atoms with Gasteiger partial charge in [-0.1, -0.05) is 43.1 Å². The predicted octanol–water partition coefficient (Wildman–Crippen LogP) is 2.69. The van der Waals surface area contributed by atoms with Crippen LogP contribution >= 0.6 is 11.6 Å². The van der Waals surface area contributed by atoms with E-state index >= 15 is 0 Å². The third-order valence-corrected chi connectivity index (χ3v) is 3.68. The standard InChI is InChI=1S/C15H22ClNO3/c1-4-9-15(2,14(19)20-3)17-10-13(18)11-7-5-6-8-12(11)16/h5-8,13,17-18H,4,9-10H2,1-3H3. The summed E-state index contributed by atoms with van der Waals surface area (Å²) in [5.41, 5.74) is -0.156. The number of aliphatic hydroxyl groups excluding tert-OH is 1. The Morgan fingerprint density at radius 1 is 1.50 bits per heavy atom. The van der Waals surface area contributed by atoms with Gasteiger partial charge in [0.2, 0.25) is 0 Å². The molecule has 1 rings (SSSR count). The number of β-amino-alcohol motifs (C(OH)–C–C–N with tert-alkyl or cyclic N) is 1. The van der Waals surface area contributed by atoms with Crippen LogP contribution in [0, 0.1) is 0 Å². The number of esters is 1. The average Bonchev–Trinajstić information content (AvgIpc) is 2.44. The Bertz CT molecular complexity index is 452. The maximum atomic E-state index is 11.8. The van der Waals surface area contributed by atoms with Crippen molar-refractivity contribution in [3.05, 3.63) is 34.9 Å². The molecular weight excluding hydrogens is 278 g/mol. The zero-order valence-corrected chi connectivity index (χ0v) is 12.9. The van der Waals surface area contributed by atoms with E-state index in [4.69, 9.17) is 16.3 Å². The first kappa shape index (κ1) is 17.0. The number of aliphatic hydroxyl groups is 1. The van der Waals surface area contributed by atoms with Crippen LogP contribution in [0.1, 0.15) is 38.4 Å². The fourth-order valence-electron chi connectivity index (χ4n) is 2.17. The molecule has 2 atom stereocenters. The first-order valence-corrected chi connectivity index (χ1v) is 7.08. The number of nitrogens with one attached hydrogen (secondary N) is 1. The molecule has 0 aliphatic heterocycles. The average molecular weight is 300 g/mol. The highest BCUT2D eigenvalue weighted by atomic mass is 35.5. The minimum absolute atomic E-state index is 0.231. The summed E-state index contributed by atoms with van der Waals surface area (Å²) in [4.78, 5) is 11.8. The van der Waals surface area contributed by atoms with Gasteiger partial charge in [-0.05, 0) is 19.4 Å². The van der Waals surface area contributed by atoms with Crippen molar-refractivity contribution in [2.75, 3.05) is 13.7 Å². The SMILES string of the molecule is CCCC(C)(NCC(O)c1ccccc1Cl)C(=O)OC. The van der Waals surface area contributed by atoms with Crippen LogP contribution in [0.5, 0.6) is 0 Å². The lowest BCUT2D eigenvalue weighted by Gasteiger charge is -2.29. The van der Waals surface area contributed by atoms with E-state index in [1.165, 1.54) is 7.11 Å². The van der Waals surface area contributed by atoms with E-state index in [1.807, 2.05) is 19.1 Å². The second kappa shape index (κ2) is 7.62. The van der Waals surface area contributed by atoms with Gasteiger partial charge in [0.05, 0.1) is 13.2 Å². The third kappa shape index (κ3) is 4.20. The second-order valence-corrected chi connectivity index (χ2v) is 5.40. The number of methoxy groups -OCH3 is 1. The lowest BCUT2D eigenvalue weighted by Crippen LogP contribution is -2.51. The predicted molar refractivity (Wildman–Crippen MR) is 79.7 cm³/mol. The van der Waals surface area contributed by atoms with Crippen LogP contribution in [0.15, 0.2) is 24.3 Å². The van der Waals surface area contributed by atoms with Gasteiger partial charge in [-0.15, -0.1) is 0 Å². The molecule has 0 saturated carbocycles. The lowest BCUT2D eigenvalue weighted by molar-refractivity contribution is -0.148. The molecule has 0 radical (unpaired) electrons. The number of hydrogen-bond acceptors (Lipinski definition) is 4. The lowest BCUT2D eigenvalue weighted by atomic mass is 9.95. The number of carbonyl (C=O) groups excluding carboxylic acids is 1. The maximum Gasteiger partial charge on any atom is 0.325 e. The molecule has 2 unspecified atom stereocenters. The molecule has 0 spiro atoms. The van der Waals surface area contributed by atoms with Gasteiger partial charge in [-0.3, -0.25) is 10.1 Å². The van der Waals surface area contributed by atoms with E-state index in [0.29, 0.717) is 17.0 Å². The van der Waals surface area contributed by atoms with Crippen LogP contribution in [0.4, 0.5) is 0 Å². The summed E-state index contributed by atoms with van der Waals surface area (Å²) in [6.07, 6.45) is 0.694. The van der Waals surface area contributed by atoms with Gasteiger partial charge in [-0.2, -0.15) is 0 Å². The Labute approximate surface area is 125 Å². The van der Waals surface area contributed by atoms with Gasteiger partial charge < -0.3 is 9.84 Å². The molecule has 20 heavy (non-hydrogen) atoms. The zero-order valence-electron chi connectivity index (χ0n) is 12.1. The second-order valence-electron chi connectivity index (χ2n) is 4.99. The van der Waals surface area contributed by atoms with E-state index in [-0.39, 0.29) is 12.5 Å². The first-order chi connectivity index (χ1) is 9.44. The summed E-state index contributed by atoms with van der Waals surface area (Å²) in [5, 5.41) is 13.8. The van der Waals surface area contributed by atoms with Crippen LogP contribution in [0.3, 0.4) is 0 Å². The molecule has 0 aliphatic rings. The fourth-order valence-corrected chi connectivity index (χ4v) is 2.43. The smallest absolute Gasteiger partial charge is 0.325 e. The van der Waals surface area contributed by atoms with E-state index in [1.54, 1.807) is 19.1 Å². The Morgan fingerprint density at radius 3 is 2.70 bits per heavy atom. The van der Waals surface area contributed by atoms with E-state index in [2.05, 4.69) is 5.32 Å². The Hall–Kier alpha value is -1.10. The number of rotatable bonds is 7. The van der Waals surface area contributed by atoms with Crippen LogP contribution < -0.4 is 5.32 Å². The van der Waals surface area contributed by atoms with Crippen LogP contribution in [0.2, 0.25) is 5.02 Å². The number of benzene rings is 1. The summed E-state index contributed by atoms with van der Waals surface area (Å²) >= 11 is 6.04. The van der Waals surface area contributed by atoms with Crippen molar-refractivity contribution in [1.82, 2.24) is 5.32 Å². The minimum Gasteiger partial charge on any atom is -0.468 e. The van der Waals surface area contributed by atoms with Crippen molar-refractivity contribution >= 4 is 17.6 Å². The molecule has 4 nitrogen and oxygen atoms in total. The van der Waals surface area contributed by atoms with Crippen molar-refractivity contribution in [3.8, 4) is 0 Å². The summed E-state index contributed by atoms with van der Waals surface area (Å²) in [7, 11) is 1.36. The van der Waals surface area contributed by atoms with Gasteiger partial charge in [0, 0.05) is 17.1 Å². The van der Waals surface area contributed by atoms with E-state index < -0.39 is 11.6 Å². The van der Waals surface area contributed by atoms with Gasteiger partial charge in [0.25, 0.3) is 0 Å². The largest absolute Gasteiger partial charge is 0.468 e. The molecule has 0 amide bonds. The van der Waals surface area contributed by atoms with Gasteiger partial charge in [0.1, 0.15) is 5.54 Å². The molecule has 0 bridgehead atoms. The topological polar surface area (TPSA) is 58.6 Å². The summed E-state index contributed by atoms with van der Waals surface area (Å²) in [6, 6.07) is 7.12. The molecule has 0 fully saturated rings. The van der Waals surface area contributed by atoms with Crippen molar-refractivity contribution < 1.29 is 14.6 Å². The maximum absolute atomic E-state index is 11.8. The van der Waals surface area contributed by atoms with Gasteiger partial charge in [-0.25, -0.2) is 0 Å². The first-order valence-electron chi connectivity index (χ1n) is 6.70. The summed E-state index contributed by atoms with van der Waals surface area (Å²) in [6.45, 7) is 4.00. The molecule has 2 N–H and O–H groups in total. The van der Waals surface area contributed by atoms with Gasteiger partial charge >= 0.3 is 5.97 Å². The van der Waals surface area contributed by atoms with Crippen LogP contribution in [0.25, 0.3) is 0 Å². The zero-order chi connectivity index (χ0) is 15.2. The quantitative estimate of drug-likeness (QED) is 0.760. The molecule has 1 aromatic rings. The van der Waals surface area contributed by atoms with E-state index in [0.717, 1.165) is 6.42 Å². The van der Waals surface area contributed by atoms with Crippen molar-refractivity contribution in [3.63, 3.8) is 0 Å². The third-order valence-electron chi connectivity index (χ3n) is 3.34. The van der Waals surface area contributed by atoms with Crippen molar-refractivity contribution in [1.29, 1.82) is 0 Å². The molecule has 5 heteroatoms. The highest BCUT2D eigenvalue weighted by Gasteiger charge is 2.33. The number of halogens is 1. The van der Waals surface area contributed by atoms with Gasteiger partial charge in [0.15, 0.2) is 0 Å². The normalized spacial score (nSPS) is 15.4. The number of hydrogen-bond donors (Lipinski definition) is 2. The highest BCUT2D eigenvalue weighted by molar-refractivity contribution is 6.31. The number of ether oxygens (including phenoxy) is 1. The van der Waals surface area contributed by atoms with Crippen molar-refractivity contribution in [2.24, 2.45) is 0 Å². The molecule has 1 aromatic carbocycles. The molecule has 0 saturated heterocycles. The fraction of sp³-hybridized carbons (Fsp3) is 0.533. The molecular formula is C15H22ClNO3. The highest BCUT2D eigenvalue weighted by Crippen LogP contribution is 2.23.